The van der Waals surface area contributed by atoms with E-state index in [-0.39, 0.29) is 5.91 Å². The molecule has 5 heteroatoms. The number of carbonyl (C=O) groups excluding carboxylic acids is 1. The van der Waals surface area contributed by atoms with Gasteiger partial charge in [0.2, 0.25) is 0 Å². The lowest BCUT2D eigenvalue weighted by molar-refractivity contribution is 0.0955. The Morgan fingerprint density at radius 3 is 2.58 bits per heavy atom. The van der Waals surface area contributed by atoms with Gasteiger partial charge in [-0.3, -0.25) is 4.79 Å². The van der Waals surface area contributed by atoms with Gasteiger partial charge < -0.3 is 9.64 Å². The molecular formula is C21H25N3O2. The Bertz CT molecular complexity index is 824. The van der Waals surface area contributed by atoms with E-state index in [0.29, 0.717) is 11.3 Å². The second kappa shape index (κ2) is 8.04. The minimum Gasteiger partial charge on any atom is -0.496 e. The fraction of sp³-hybridized carbons (Fsp3) is 0.333. The van der Waals surface area contributed by atoms with Crippen LogP contribution in [0.25, 0.3) is 0 Å². The van der Waals surface area contributed by atoms with E-state index < -0.39 is 0 Å². The monoisotopic (exact) mass is 351 g/mol. The van der Waals surface area contributed by atoms with Crippen LogP contribution in [-0.4, -0.2) is 32.3 Å². The van der Waals surface area contributed by atoms with Crippen molar-refractivity contribution in [3.05, 3.63) is 58.7 Å². The summed E-state index contributed by atoms with van der Waals surface area (Å²) in [6.45, 7) is 6.31. The van der Waals surface area contributed by atoms with Gasteiger partial charge in [0.15, 0.2) is 0 Å². The van der Waals surface area contributed by atoms with E-state index in [9.17, 15) is 4.79 Å². The van der Waals surface area contributed by atoms with E-state index in [1.54, 1.807) is 25.5 Å². The van der Waals surface area contributed by atoms with E-state index in [4.69, 9.17) is 4.74 Å². The van der Waals surface area contributed by atoms with Gasteiger partial charge in [0.25, 0.3) is 5.91 Å². The predicted molar refractivity (Wildman–Crippen MR) is 105 cm³/mol. The number of hydrogen-bond donors (Lipinski definition) is 1. The third-order valence-corrected chi connectivity index (χ3v) is 4.72. The highest BCUT2D eigenvalue weighted by Gasteiger charge is 2.14. The third-order valence-electron chi connectivity index (χ3n) is 4.72. The Hall–Kier alpha value is -2.82. The quantitative estimate of drug-likeness (QED) is 0.660. The molecule has 3 rings (SSSR count). The molecule has 1 amide bonds. The number of amides is 1. The van der Waals surface area contributed by atoms with Gasteiger partial charge in [-0.15, -0.1) is 0 Å². The SMILES string of the molecule is COc1cc(C(=O)N/N=C/c2ccc(N3CCCC3)c(C)c2)ccc1C. The van der Waals surface area contributed by atoms with Gasteiger partial charge in [0.05, 0.1) is 13.3 Å². The zero-order chi connectivity index (χ0) is 18.5. The van der Waals surface area contributed by atoms with Crippen LogP contribution in [0, 0.1) is 13.8 Å². The summed E-state index contributed by atoms with van der Waals surface area (Å²) >= 11 is 0. The first-order valence-corrected chi connectivity index (χ1v) is 8.92. The zero-order valence-corrected chi connectivity index (χ0v) is 15.6. The first-order valence-electron chi connectivity index (χ1n) is 8.92. The second-order valence-electron chi connectivity index (χ2n) is 6.62. The number of hydrazone groups is 1. The number of aryl methyl sites for hydroxylation is 2. The van der Waals surface area contributed by atoms with E-state index in [1.807, 2.05) is 19.1 Å². The van der Waals surface area contributed by atoms with Gasteiger partial charge in [0.1, 0.15) is 5.75 Å². The van der Waals surface area contributed by atoms with E-state index >= 15 is 0 Å². The van der Waals surface area contributed by atoms with E-state index in [2.05, 4.69) is 34.5 Å². The number of hydrogen-bond acceptors (Lipinski definition) is 4. The van der Waals surface area contributed by atoms with Crippen LogP contribution in [0.5, 0.6) is 5.75 Å². The topological polar surface area (TPSA) is 53.9 Å². The first kappa shape index (κ1) is 18.0. The molecule has 1 N–H and O–H groups in total. The Morgan fingerprint density at radius 1 is 1.12 bits per heavy atom. The molecule has 0 bridgehead atoms. The molecule has 136 valence electrons. The molecule has 1 fully saturated rings. The molecular weight excluding hydrogens is 326 g/mol. The Labute approximate surface area is 154 Å². The molecule has 0 unspecified atom stereocenters. The molecule has 0 atom stereocenters. The summed E-state index contributed by atoms with van der Waals surface area (Å²) in [6, 6.07) is 11.6. The Kier molecular flexibility index (Phi) is 5.56. The molecule has 2 aromatic rings. The van der Waals surface area contributed by atoms with Crippen molar-refractivity contribution in [2.45, 2.75) is 26.7 Å². The van der Waals surface area contributed by atoms with Crippen LogP contribution in [0.15, 0.2) is 41.5 Å². The van der Waals surface area contributed by atoms with Crippen LogP contribution >= 0.6 is 0 Å². The summed E-state index contributed by atoms with van der Waals surface area (Å²) in [5.74, 6) is 0.430. The molecule has 26 heavy (non-hydrogen) atoms. The number of rotatable bonds is 5. The highest BCUT2D eigenvalue weighted by Crippen LogP contribution is 2.24. The summed E-state index contributed by atoms with van der Waals surface area (Å²) in [7, 11) is 1.59. The van der Waals surface area contributed by atoms with Gasteiger partial charge in [0, 0.05) is 24.3 Å². The van der Waals surface area contributed by atoms with Crippen LogP contribution in [0.2, 0.25) is 0 Å². The average molecular weight is 351 g/mol. The molecule has 0 radical (unpaired) electrons. The summed E-state index contributed by atoms with van der Waals surface area (Å²) < 4.78 is 5.25. The lowest BCUT2D eigenvalue weighted by Gasteiger charge is -2.20. The average Bonchev–Trinajstić information content (AvgIpc) is 3.16. The van der Waals surface area contributed by atoms with Crippen molar-refractivity contribution in [3.63, 3.8) is 0 Å². The van der Waals surface area contributed by atoms with Gasteiger partial charge >= 0.3 is 0 Å². The van der Waals surface area contributed by atoms with Crippen LogP contribution in [0.4, 0.5) is 5.69 Å². The Morgan fingerprint density at radius 2 is 1.88 bits per heavy atom. The van der Waals surface area contributed by atoms with Crippen molar-refractivity contribution in [2.24, 2.45) is 5.10 Å². The normalized spacial score (nSPS) is 14.0. The maximum Gasteiger partial charge on any atom is 0.271 e. The first-order chi connectivity index (χ1) is 12.6. The lowest BCUT2D eigenvalue weighted by atomic mass is 10.1. The Balaban J connectivity index is 1.64. The molecule has 5 nitrogen and oxygen atoms in total. The van der Waals surface area contributed by atoms with Crippen molar-refractivity contribution in [2.75, 3.05) is 25.1 Å². The summed E-state index contributed by atoms with van der Waals surface area (Å²) in [6.07, 6.45) is 4.20. The lowest BCUT2D eigenvalue weighted by Crippen LogP contribution is -2.19. The van der Waals surface area contributed by atoms with Crippen LogP contribution < -0.4 is 15.1 Å². The number of carbonyl (C=O) groups is 1. The molecule has 1 aliphatic heterocycles. The number of anilines is 1. The van der Waals surface area contributed by atoms with Crippen molar-refractivity contribution in [1.29, 1.82) is 0 Å². The molecule has 1 saturated heterocycles. The molecule has 0 aromatic heterocycles. The number of nitrogens with one attached hydrogen (secondary N) is 1. The largest absolute Gasteiger partial charge is 0.496 e. The zero-order valence-electron chi connectivity index (χ0n) is 15.6. The predicted octanol–water partition coefficient (Wildman–Crippen LogP) is 3.68. The smallest absolute Gasteiger partial charge is 0.271 e. The maximum absolute atomic E-state index is 12.2. The highest BCUT2D eigenvalue weighted by atomic mass is 16.5. The van der Waals surface area contributed by atoms with E-state index in [1.165, 1.54) is 24.1 Å². The number of ether oxygens (including phenoxy) is 1. The van der Waals surface area contributed by atoms with Gasteiger partial charge in [-0.05, 0) is 67.6 Å². The van der Waals surface area contributed by atoms with Crippen LogP contribution in [-0.2, 0) is 0 Å². The molecule has 0 aliphatic carbocycles. The van der Waals surface area contributed by atoms with Crippen molar-refractivity contribution >= 4 is 17.8 Å². The summed E-state index contributed by atoms with van der Waals surface area (Å²) in [4.78, 5) is 14.6. The highest BCUT2D eigenvalue weighted by molar-refractivity contribution is 5.95. The number of benzene rings is 2. The van der Waals surface area contributed by atoms with Crippen molar-refractivity contribution in [3.8, 4) is 5.75 Å². The van der Waals surface area contributed by atoms with Crippen molar-refractivity contribution < 1.29 is 9.53 Å². The summed E-state index contributed by atoms with van der Waals surface area (Å²) in [5, 5.41) is 4.09. The standard InChI is InChI=1S/C21H25N3O2/c1-15-6-8-18(13-20(15)26-3)21(25)23-22-14-17-7-9-19(16(2)12-17)24-10-4-5-11-24/h6-9,12-14H,4-5,10-11H2,1-3H3,(H,23,25)/b22-14+. The fourth-order valence-electron chi connectivity index (χ4n) is 3.26. The van der Waals surface area contributed by atoms with Gasteiger partial charge in [-0.2, -0.15) is 5.10 Å². The van der Waals surface area contributed by atoms with Gasteiger partial charge in [-0.25, -0.2) is 5.43 Å². The molecule has 1 heterocycles. The minimum absolute atomic E-state index is 0.259. The number of nitrogens with zero attached hydrogens (tertiary/aromatic N) is 2. The molecule has 2 aromatic carbocycles. The fourth-order valence-corrected chi connectivity index (χ4v) is 3.26. The minimum atomic E-state index is -0.259. The third kappa shape index (κ3) is 4.04. The number of methoxy groups -OCH3 is 1. The maximum atomic E-state index is 12.2. The van der Waals surface area contributed by atoms with E-state index in [0.717, 1.165) is 24.2 Å². The molecule has 1 aliphatic rings. The van der Waals surface area contributed by atoms with Crippen LogP contribution in [0.3, 0.4) is 0 Å². The van der Waals surface area contributed by atoms with Crippen molar-refractivity contribution in [1.82, 2.24) is 5.43 Å². The molecule has 0 spiro atoms. The summed E-state index contributed by atoms with van der Waals surface area (Å²) in [5.41, 5.74) is 7.56. The van der Waals surface area contributed by atoms with Crippen LogP contribution in [0.1, 0.15) is 39.9 Å². The molecule has 0 saturated carbocycles. The van der Waals surface area contributed by atoms with Gasteiger partial charge in [-0.1, -0.05) is 12.1 Å². The second-order valence-corrected chi connectivity index (χ2v) is 6.62.